The van der Waals surface area contributed by atoms with Gasteiger partial charge in [0.1, 0.15) is 4.90 Å². The maximum absolute atomic E-state index is 12.1. The highest BCUT2D eigenvalue weighted by atomic mass is 35.5. The van der Waals surface area contributed by atoms with Crippen LogP contribution in [0.3, 0.4) is 0 Å². The standard InChI is InChI=1S/C12H11Cl2NO2S/c1-15(2)18(16,17)11-7-10(13)8-5-3-4-6-9(8)12(11)14/h3-7H,1-2H3. The normalized spacial score (nSPS) is 12.3. The number of rotatable bonds is 2. The average molecular weight is 304 g/mol. The second-order valence-electron chi connectivity index (χ2n) is 4.00. The molecule has 96 valence electrons. The molecule has 0 radical (unpaired) electrons. The molecular weight excluding hydrogens is 293 g/mol. The number of benzene rings is 2. The molecule has 0 aromatic heterocycles. The van der Waals surface area contributed by atoms with Crippen molar-refractivity contribution >= 4 is 44.0 Å². The van der Waals surface area contributed by atoms with Crippen LogP contribution in [0.1, 0.15) is 0 Å². The first-order chi connectivity index (χ1) is 8.35. The average Bonchev–Trinajstić information content (AvgIpc) is 2.33. The third-order valence-corrected chi connectivity index (χ3v) is 5.32. The summed E-state index contributed by atoms with van der Waals surface area (Å²) in [5.74, 6) is 0. The predicted octanol–water partition coefficient (Wildman–Crippen LogP) is 3.40. The zero-order chi connectivity index (χ0) is 13.5. The molecule has 0 amide bonds. The minimum Gasteiger partial charge on any atom is -0.207 e. The van der Waals surface area contributed by atoms with E-state index in [1.807, 2.05) is 6.07 Å². The molecule has 0 saturated carbocycles. The predicted molar refractivity (Wildman–Crippen MR) is 74.8 cm³/mol. The van der Waals surface area contributed by atoms with Gasteiger partial charge in [-0.05, 0) is 6.07 Å². The van der Waals surface area contributed by atoms with Crippen molar-refractivity contribution in [2.45, 2.75) is 4.90 Å². The summed E-state index contributed by atoms with van der Waals surface area (Å²) in [6, 6.07) is 8.55. The molecule has 0 bridgehead atoms. The maximum Gasteiger partial charge on any atom is 0.244 e. The molecule has 0 N–H and O–H groups in total. The number of fused-ring (bicyclic) bond motifs is 1. The summed E-state index contributed by atoms with van der Waals surface area (Å²) >= 11 is 12.3. The van der Waals surface area contributed by atoms with Gasteiger partial charge in [0, 0.05) is 29.9 Å². The maximum atomic E-state index is 12.1. The van der Waals surface area contributed by atoms with Gasteiger partial charge < -0.3 is 0 Å². The topological polar surface area (TPSA) is 37.4 Å². The first-order valence-electron chi connectivity index (χ1n) is 5.15. The van der Waals surface area contributed by atoms with Crippen LogP contribution in [-0.4, -0.2) is 26.8 Å². The number of halogens is 2. The summed E-state index contributed by atoms with van der Waals surface area (Å²) in [6.45, 7) is 0. The molecule has 3 nitrogen and oxygen atoms in total. The van der Waals surface area contributed by atoms with Gasteiger partial charge in [-0.25, -0.2) is 12.7 Å². The molecule has 0 atom stereocenters. The largest absolute Gasteiger partial charge is 0.244 e. The van der Waals surface area contributed by atoms with Gasteiger partial charge in [0.05, 0.1) is 5.02 Å². The Labute approximate surface area is 116 Å². The van der Waals surface area contributed by atoms with Gasteiger partial charge >= 0.3 is 0 Å². The molecular formula is C12H11Cl2NO2S. The molecule has 0 heterocycles. The van der Waals surface area contributed by atoms with E-state index in [0.717, 1.165) is 9.69 Å². The van der Waals surface area contributed by atoms with Crippen molar-refractivity contribution < 1.29 is 8.42 Å². The Morgan fingerprint density at radius 1 is 1.06 bits per heavy atom. The molecule has 2 aromatic rings. The molecule has 0 fully saturated rings. The van der Waals surface area contributed by atoms with E-state index in [2.05, 4.69) is 0 Å². The fourth-order valence-corrected chi connectivity index (χ4v) is 3.50. The lowest BCUT2D eigenvalue weighted by Gasteiger charge is -2.14. The molecule has 2 aromatic carbocycles. The summed E-state index contributed by atoms with van der Waals surface area (Å²) in [5.41, 5.74) is 0. The lowest BCUT2D eigenvalue weighted by atomic mass is 10.1. The van der Waals surface area contributed by atoms with Crippen molar-refractivity contribution in [1.29, 1.82) is 0 Å². The summed E-state index contributed by atoms with van der Waals surface area (Å²) < 4.78 is 25.4. The number of sulfonamides is 1. The Bertz CT molecular complexity index is 711. The zero-order valence-electron chi connectivity index (χ0n) is 9.81. The van der Waals surface area contributed by atoms with Crippen LogP contribution in [0, 0.1) is 0 Å². The number of hydrogen-bond donors (Lipinski definition) is 0. The van der Waals surface area contributed by atoms with Gasteiger partial charge in [-0.3, -0.25) is 0 Å². The lowest BCUT2D eigenvalue weighted by molar-refractivity contribution is 0.521. The second kappa shape index (κ2) is 4.70. The Balaban J connectivity index is 2.88. The fourth-order valence-electron chi connectivity index (χ4n) is 1.66. The lowest BCUT2D eigenvalue weighted by Crippen LogP contribution is -2.22. The third kappa shape index (κ3) is 2.10. The molecule has 2 rings (SSSR count). The molecule has 0 aliphatic rings. The minimum atomic E-state index is -3.60. The smallest absolute Gasteiger partial charge is 0.207 e. The number of hydrogen-bond acceptors (Lipinski definition) is 2. The van der Waals surface area contributed by atoms with Gasteiger partial charge in [0.25, 0.3) is 0 Å². The van der Waals surface area contributed by atoms with Crippen LogP contribution in [0.2, 0.25) is 10.0 Å². The van der Waals surface area contributed by atoms with Crippen LogP contribution in [-0.2, 0) is 10.0 Å². The van der Waals surface area contributed by atoms with Crippen molar-refractivity contribution in [1.82, 2.24) is 4.31 Å². The Kier molecular flexibility index (Phi) is 3.56. The quantitative estimate of drug-likeness (QED) is 0.853. The molecule has 0 saturated heterocycles. The van der Waals surface area contributed by atoms with Gasteiger partial charge in [-0.15, -0.1) is 0 Å². The van der Waals surface area contributed by atoms with Gasteiger partial charge in [0.2, 0.25) is 10.0 Å². The monoisotopic (exact) mass is 303 g/mol. The van der Waals surface area contributed by atoms with Crippen molar-refractivity contribution in [3.8, 4) is 0 Å². The van der Waals surface area contributed by atoms with E-state index in [9.17, 15) is 8.42 Å². The van der Waals surface area contributed by atoms with E-state index in [-0.39, 0.29) is 9.92 Å². The first-order valence-corrected chi connectivity index (χ1v) is 7.34. The van der Waals surface area contributed by atoms with E-state index >= 15 is 0 Å². The van der Waals surface area contributed by atoms with E-state index in [1.165, 1.54) is 20.2 Å². The van der Waals surface area contributed by atoms with Crippen LogP contribution >= 0.6 is 23.2 Å². The second-order valence-corrected chi connectivity index (χ2v) is 6.91. The van der Waals surface area contributed by atoms with Crippen molar-refractivity contribution in [2.75, 3.05) is 14.1 Å². The van der Waals surface area contributed by atoms with Crippen LogP contribution < -0.4 is 0 Å². The van der Waals surface area contributed by atoms with E-state index < -0.39 is 10.0 Å². The Hall–Kier alpha value is -0.810. The molecule has 0 aliphatic heterocycles. The van der Waals surface area contributed by atoms with Gasteiger partial charge in [-0.2, -0.15) is 0 Å². The van der Waals surface area contributed by atoms with Gasteiger partial charge in [0.15, 0.2) is 0 Å². The van der Waals surface area contributed by atoms with Gasteiger partial charge in [-0.1, -0.05) is 47.5 Å². The van der Waals surface area contributed by atoms with Crippen LogP contribution in [0.15, 0.2) is 35.2 Å². The molecule has 0 spiro atoms. The van der Waals surface area contributed by atoms with Crippen LogP contribution in [0.25, 0.3) is 10.8 Å². The van der Waals surface area contributed by atoms with Crippen molar-refractivity contribution in [2.24, 2.45) is 0 Å². The molecule has 0 aliphatic carbocycles. The van der Waals surface area contributed by atoms with Crippen molar-refractivity contribution in [3.63, 3.8) is 0 Å². The van der Waals surface area contributed by atoms with Crippen LogP contribution in [0.4, 0.5) is 0 Å². The zero-order valence-corrected chi connectivity index (χ0v) is 12.1. The number of nitrogens with zero attached hydrogens (tertiary/aromatic N) is 1. The molecule has 18 heavy (non-hydrogen) atoms. The first kappa shape index (κ1) is 13.6. The van der Waals surface area contributed by atoms with Crippen LogP contribution in [0.5, 0.6) is 0 Å². The van der Waals surface area contributed by atoms with E-state index in [4.69, 9.17) is 23.2 Å². The summed E-state index contributed by atoms with van der Waals surface area (Å²) in [7, 11) is -0.698. The highest BCUT2D eigenvalue weighted by Crippen LogP contribution is 2.36. The minimum absolute atomic E-state index is 0.0258. The molecule has 0 unspecified atom stereocenters. The third-order valence-electron chi connectivity index (χ3n) is 2.65. The summed E-state index contributed by atoms with van der Waals surface area (Å²) in [4.78, 5) is 0.0258. The highest BCUT2D eigenvalue weighted by Gasteiger charge is 2.23. The van der Waals surface area contributed by atoms with E-state index in [1.54, 1.807) is 18.2 Å². The summed E-state index contributed by atoms with van der Waals surface area (Å²) in [6.07, 6.45) is 0. The SMILES string of the molecule is CN(C)S(=O)(=O)c1cc(Cl)c2ccccc2c1Cl. The van der Waals surface area contributed by atoms with Crippen molar-refractivity contribution in [3.05, 3.63) is 40.4 Å². The highest BCUT2D eigenvalue weighted by molar-refractivity contribution is 7.89. The Morgan fingerprint density at radius 2 is 1.61 bits per heavy atom. The molecule has 6 heteroatoms. The van der Waals surface area contributed by atoms with E-state index in [0.29, 0.717) is 10.4 Å². The fraction of sp³-hybridized carbons (Fsp3) is 0.167. The summed E-state index contributed by atoms with van der Waals surface area (Å²) in [5, 5.41) is 1.94. The Morgan fingerprint density at radius 3 is 2.17 bits per heavy atom.